The molecule has 0 aliphatic rings. The molecule has 0 spiro atoms. The number of amides is 1. The van der Waals surface area contributed by atoms with Crippen molar-refractivity contribution in [3.8, 4) is 0 Å². The molecule has 0 aliphatic heterocycles. The van der Waals surface area contributed by atoms with Crippen molar-refractivity contribution >= 4 is 23.2 Å². The van der Waals surface area contributed by atoms with Gasteiger partial charge in [-0.1, -0.05) is 11.6 Å². The van der Waals surface area contributed by atoms with Gasteiger partial charge < -0.3 is 10.6 Å². The standard InChI is InChI=1S/C14H18ClF3N2O/c1-8(12(21)20-13(2,3)4)19-9-5-6-11(15)10(7-9)14(16,17)18/h5-8,19H,1-4H3,(H,20,21). The highest BCUT2D eigenvalue weighted by Gasteiger charge is 2.33. The lowest BCUT2D eigenvalue weighted by atomic mass is 10.1. The highest BCUT2D eigenvalue weighted by atomic mass is 35.5. The van der Waals surface area contributed by atoms with Crippen LogP contribution in [-0.4, -0.2) is 17.5 Å². The van der Waals surface area contributed by atoms with Gasteiger partial charge in [0.15, 0.2) is 0 Å². The van der Waals surface area contributed by atoms with Gasteiger partial charge in [-0.2, -0.15) is 13.2 Å². The van der Waals surface area contributed by atoms with E-state index in [1.54, 1.807) is 6.92 Å². The van der Waals surface area contributed by atoms with E-state index in [-0.39, 0.29) is 16.6 Å². The Balaban J connectivity index is 2.87. The van der Waals surface area contributed by atoms with Crippen LogP contribution in [0.15, 0.2) is 18.2 Å². The Kier molecular flexibility index (Phi) is 5.15. The summed E-state index contributed by atoms with van der Waals surface area (Å²) >= 11 is 5.54. The second-order valence-corrected chi connectivity index (χ2v) is 6.20. The van der Waals surface area contributed by atoms with Crippen LogP contribution in [-0.2, 0) is 11.0 Å². The molecular weight excluding hydrogens is 305 g/mol. The van der Waals surface area contributed by atoms with E-state index in [9.17, 15) is 18.0 Å². The van der Waals surface area contributed by atoms with E-state index in [2.05, 4.69) is 10.6 Å². The number of halogens is 4. The van der Waals surface area contributed by atoms with E-state index >= 15 is 0 Å². The van der Waals surface area contributed by atoms with Crippen molar-refractivity contribution in [2.45, 2.75) is 45.5 Å². The lowest BCUT2D eigenvalue weighted by Crippen LogP contribution is -2.47. The maximum atomic E-state index is 12.8. The van der Waals surface area contributed by atoms with Gasteiger partial charge in [0.1, 0.15) is 6.04 Å². The van der Waals surface area contributed by atoms with Crippen LogP contribution in [0.3, 0.4) is 0 Å². The minimum atomic E-state index is -4.54. The van der Waals surface area contributed by atoms with E-state index in [4.69, 9.17) is 11.6 Å². The molecule has 1 atom stereocenters. The summed E-state index contributed by atoms with van der Waals surface area (Å²) in [5.41, 5.74) is -1.16. The number of anilines is 1. The number of hydrogen-bond donors (Lipinski definition) is 2. The van der Waals surface area contributed by atoms with Crippen molar-refractivity contribution in [1.29, 1.82) is 0 Å². The molecule has 0 aromatic heterocycles. The minimum Gasteiger partial charge on any atom is -0.374 e. The first kappa shape index (κ1) is 17.6. The number of rotatable bonds is 3. The third-order valence-electron chi connectivity index (χ3n) is 2.55. The molecule has 0 fully saturated rings. The van der Waals surface area contributed by atoms with Crippen LogP contribution in [0.5, 0.6) is 0 Å². The Morgan fingerprint density at radius 1 is 1.24 bits per heavy atom. The van der Waals surface area contributed by atoms with Crippen LogP contribution in [0.4, 0.5) is 18.9 Å². The fraction of sp³-hybridized carbons (Fsp3) is 0.500. The molecule has 0 heterocycles. The van der Waals surface area contributed by atoms with Crippen molar-refractivity contribution in [3.05, 3.63) is 28.8 Å². The fourth-order valence-electron chi connectivity index (χ4n) is 1.63. The number of benzene rings is 1. The smallest absolute Gasteiger partial charge is 0.374 e. The number of hydrogen-bond acceptors (Lipinski definition) is 2. The molecule has 3 nitrogen and oxygen atoms in total. The summed E-state index contributed by atoms with van der Waals surface area (Å²) in [6.45, 7) is 7.04. The molecule has 0 bridgehead atoms. The summed E-state index contributed by atoms with van der Waals surface area (Å²) in [5.74, 6) is -0.300. The summed E-state index contributed by atoms with van der Waals surface area (Å²) in [7, 11) is 0. The molecule has 1 rings (SSSR count). The van der Waals surface area contributed by atoms with E-state index in [1.807, 2.05) is 20.8 Å². The predicted molar refractivity (Wildman–Crippen MR) is 77.4 cm³/mol. The first-order valence-corrected chi connectivity index (χ1v) is 6.73. The SMILES string of the molecule is CC(Nc1ccc(Cl)c(C(F)(F)F)c1)C(=O)NC(C)(C)C. The molecule has 118 valence electrons. The van der Waals surface area contributed by atoms with E-state index < -0.39 is 23.3 Å². The van der Waals surface area contributed by atoms with Gasteiger partial charge >= 0.3 is 6.18 Å². The third kappa shape index (κ3) is 5.46. The van der Waals surface area contributed by atoms with Gasteiger partial charge in [0.25, 0.3) is 0 Å². The summed E-state index contributed by atoms with van der Waals surface area (Å²) in [5, 5.41) is 5.10. The second kappa shape index (κ2) is 6.13. The Hall–Kier alpha value is -1.43. The van der Waals surface area contributed by atoms with Crippen LogP contribution in [0.1, 0.15) is 33.3 Å². The zero-order valence-electron chi connectivity index (χ0n) is 12.2. The highest BCUT2D eigenvalue weighted by Crippen LogP contribution is 2.36. The summed E-state index contributed by atoms with van der Waals surface area (Å²) in [4.78, 5) is 11.9. The monoisotopic (exact) mass is 322 g/mol. The van der Waals surface area contributed by atoms with Crippen molar-refractivity contribution in [2.75, 3.05) is 5.32 Å². The quantitative estimate of drug-likeness (QED) is 0.880. The third-order valence-corrected chi connectivity index (χ3v) is 2.88. The molecule has 0 radical (unpaired) electrons. The second-order valence-electron chi connectivity index (χ2n) is 5.80. The van der Waals surface area contributed by atoms with Gasteiger partial charge in [-0.05, 0) is 45.9 Å². The number of carbonyl (C=O) groups excluding carboxylic acids is 1. The Morgan fingerprint density at radius 3 is 2.29 bits per heavy atom. The molecule has 21 heavy (non-hydrogen) atoms. The van der Waals surface area contributed by atoms with Crippen molar-refractivity contribution in [1.82, 2.24) is 5.32 Å². The highest BCUT2D eigenvalue weighted by molar-refractivity contribution is 6.31. The maximum absolute atomic E-state index is 12.8. The summed E-state index contributed by atoms with van der Waals surface area (Å²) in [6, 6.07) is 2.77. The van der Waals surface area contributed by atoms with Gasteiger partial charge in [-0.3, -0.25) is 4.79 Å². The largest absolute Gasteiger partial charge is 0.417 e. The van der Waals surface area contributed by atoms with Gasteiger partial charge in [-0.25, -0.2) is 0 Å². The molecule has 1 aromatic rings. The normalized spacial score (nSPS) is 13.7. The van der Waals surface area contributed by atoms with Crippen LogP contribution >= 0.6 is 11.6 Å². The van der Waals surface area contributed by atoms with Crippen LogP contribution in [0, 0.1) is 0 Å². The molecule has 0 saturated carbocycles. The van der Waals surface area contributed by atoms with E-state index in [0.717, 1.165) is 12.1 Å². The fourth-order valence-corrected chi connectivity index (χ4v) is 1.85. The maximum Gasteiger partial charge on any atom is 0.417 e. The lowest BCUT2D eigenvalue weighted by Gasteiger charge is -2.24. The lowest BCUT2D eigenvalue weighted by molar-refractivity contribution is -0.137. The molecule has 0 saturated heterocycles. The molecule has 1 amide bonds. The Bertz CT molecular complexity index is 524. The first-order chi connectivity index (χ1) is 9.40. The predicted octanol–water partition coefficient (Wildman–Crippen LogP) is 4.07. The van der Waals surface area contributed by atoms with Crippen LogP contribution < -0.4 is 10.6 Å². The molecule has 2 N–H and O–H groups in total. The van der Waals surface area contributed by atoms with Crippen molar-refractivity contribution < 1.29 is 18.0 Å². The van der Waals surface area contributed by atoms with Gasteiger partial charge in [-0.15, -0.1) is 0 Å². The minimum absolute atomic E-state index is 0.184. The number of carbonyl (C=O) groups is 1. The molecule has 0 aliphatic carbocycles. The molecule has 1 unspecified atom stereocenters. The van der Waals surface area contributed by atoms with Crippen molar-refractivity contribution in [3.63, 3.8) is 0 Å². The number of alkyl halides is 3. The van der Waals surface area contributed by atoms with Gasteiger partial charge in [0.05, 0.1) is 10.6 Å². The Labute approximate surface area is 126 Å². The topological polar surface area (TPSA) is 41.1 Å². The summed E-state index contributed by atoms with van der Waals surface area (Å²) in [6.07, 6.45) is -4.54. The van der Waals surface area contributed by atoms with Gasteiger partial charge in [0, 0.05) is 11.2 Å². The van der Waals surface area contributed by atoms with E-state index in [0.29, 0.717) is 0 Å². The summed E-state index contributed by atoms with van der Waals surface area (Å²) < 4.78 is 38.3. The van der Waals surface area contributed by atoms with Crippen LogP contribution in [0.2, 0.25) is 5.02 Å². The zero-order chi connectivity index (χ0) is 16.4. The molecule has 1 aromatic carbocycles. The van der Waals surface area contributed by atoms with Crippen molar-refractivity contribution in [2.24, 2.45) is 0 Å². The van der Waals surface area contributed by atoms with Gasteiger partial charge in [0.2, 0.25) is 5.91 Å². The Morgan fingerprint density at radius 2 is 1.81 bits per heavy atom. The molecular formula is C14H18ClF3N2O. The number of nitrogens with one attached hydrogen (secondary N) is 2. The molecule has 7 heteroatoms. The first-order valence-electron chi connectivity index (χ1n) is 6.35. The average molecular weight is 323 g/mol. The van der Waals surface area contributed by atoms with Crippen LogP contribution in [0.25, 0.3) is 0 Å². The zero-order valence-corrected chi connectivity index (χ0v) is 13.0. The average Bonchev–Trinajstić information content (AvgIpc) is 2.27. The van der Waals surface area contributed by atoms with E-state index in [1.165, 1.54) is 6.07 Å².